The van der Waals surface area contributed by atoms with Crippen molar-refractivity contribution in [3.05, 3.63) is 48.1 Å². The molecular weight excluding hydrogens is 292 g/mol. The maximum absolute atomic E-state index is 13.8. The summed E-state index contributed by atoms with van der Waals surface area (Å²) in [6.07, 6.45) is -1.46. The summed E-state index contributed by atoms with van der Waals surface area (Å²) in [6.45, 7) is 0. The molecule has 0 aliphatic carbocycles. The van der Waals surface area contributed by atoms with E-state index < -0.39 is 29.2 Å². The third-order valence-corrected chi connectivity index (χ3v) is 2.95. The van der Waals surface area contributed by atoms with Gasteiger partial charge in [-0.25, -0.2) is 9.18 Å². The Morgan fingerprint density at radius 2 is 2.14 bits per heavy atom. The Morgan fingerprint density at radius 1 is 1.43 bits per heavy atom. The number of hydrogen-bond donors (Lipinski definition) is 1. The lowest BCUT2D eigenvalue weighted by Gasteiger charge is -2.34. The molecule has 0 fully saturated rings. The van der Waals surface area contributed by atoms with Crippen molar-refractivity contribution in [3.63, 3.8) is 0 Å². The van der Waals surface area contributed by atoms with Gasteiger partial charge in [-0.2, -0.15) is 13.2 Å². The normalized spacial score (nSPS) is 22.0. The van der Waals surface area contributed by atoms with Gasteiger partial charge in [-0.05, 0) is 24.3 Å². The van der Waals surface area contributed by atoms with Gasteiger partial charge in [0.25, 0.3) is 5.54 Å². The highest BCUT2D eigenvalue weighted by molar-refractivity contribution is 5.89. The zero-order chi connectivity index (χ0) is 15.7. The van der Waals surface area contributed by atoms with Gasteiger partial charge in [-0.3, -0.25) is 4.98 Å². The van der Waals surface area contributed by atoms with Crippen LogP contribution >= 0.6 is 0 Å². The van der Waals surface area contributed by atoms with E-state index in [2.05, 4.69) is 9.72 Å². The Morgan fingerprint density at radius 3 is 2.67 bits per heavy atom. The number of alkyl halides is 3. The fourth-order valence-electron chi connectivity index (χ4n) is 1.86. The molecule has 0 amide bonds. The summed E-state index contributed by atoms with van der Waals surface area (Å²) in [7, 11) is 0.823. The first kappa shape index (κ1) is 15.0. The van der Waals surface area contributed by atoms with E-state index in [0.717, 1.165) is 7.11 Å². The van der Waals surface area contributed by atoms with Gasteiger partial charge in [0.1, 0.15) is 5.83 Å². The van der Waals surface area contributed by atoms with Gasteiger partial charge in [0.15, 0.2) is 0 Å². The van der Waals surface area contributed by atoms with Gasteiger partial charge < -0.3 is 10.1 Å². The van der Waals surface area contributed by atoms with Crippen molar-refractivity contribution in [1.29, 1.82) is 0 Å². The highest BCUT2D eigenvalue weighted by atomic mass is 19.4. The number of nitrogens with zero attached hydrogens (tertiary/aromatic N) is 1. The van der Waals surface area contributed by atoms with Gasteiger partial charge in [-0.1, -0.05) is 0 Å². The molecular formula is C13H10F4N2O2. The number of dihydropyridines is 1. The minimum absolute atomic E-state index is 0.0804. The number of hydrogen-bond acceptors (Lipinski definition) is 4. The molecule has 0 radical (unpaired) electrons. The number of rotatable bonds is 2. The van der Waals surface area contributed by atoms with E-state index in [0.29, 0.717) is 12.2 Å². The minimum Gasteiger partial charge on any atom is -0.467 e. The molecule has 8 heteroatoms. The van der Waals surface area contributed by atoms with Gasteiger partial charge in [0.05, 0.1) is 12.8 Å². The van der Waals surface area contributed by atoms with Crippen LogP contribution in [-0.4, -0.2) is 29.8 Å². The van der Waals surface area contributed by atoms with Crippen LogP contribution in [0.2, 0.25) is 0 Å². The Labute approximate surface area is 117 Å². The van der Waals surface area contributed by atoms with Crippen molar-refractivity contribution in [2.45, 2.75) is 11.7 Å². The van der Waals surface area contributed by atoms with Crippen molar-refractivity contribution in [1.82, 2.24) is 10.3 Å². The van der Waals surface area contributed by atoms with Crippen LogP contribution in [0.1, 0.15) is 5.56 Å². The van der Waals surface area contributed by atoms with E-state index >= 15 is 0 Å². The molecule has 1 unspecified atom stereocenters. The summed E-state index contributed by atoms with van der Waals surface area (Å²) in [5.74, 6) is -2.52. The molecule has 1 aromatic heterocycles. The van der Waals surface area contributed by atoms with E-state index in [4.69, 9.17) is 0 Å². The number of aromatic nitrogens is 1. The van der Waals surface area contributed by atoms with E-state index in [1.165, 1.54) is 24.5 Å². The lowest BCUT2D eigenvalue weighted by atomic mass is 9.93. The fraction of sp³-hybridized carbons (Fsp3) is 0.231. The summed E-state index contributed by atoms with van der Waals surface area (Å²) in [5.41, 5.74) is -3.53. The monoisotopic (exact) mass is 302 g/mol. The fourth-order valence-corrected chi connectivity index (χ4v) is 1.86. The minimum atomic E-state index is -5.01. The van der Waals surface area contributed by atoms with Gasteiger partial charge in [-0.15, -0.1) is 0 Å². The van der Waals surface area contributed by atoms with Gasteiger partial charge in [0, 0.05) is 18.0 Å². The molecule has 0 spiro atoms. The van der Waals surface area contributed by atoms with Crippen LogP contribution in [0, 0.1) is 0 Å². The summed E-state index contributed by atoms with van der Waals surface area (Å²) in [4.78, 5) is 15.3. The van der Waals surface area contributed by atoms with E-state index in [9.17, 15) is 22.4 Å². The number of methoxy groups -OCH3 is 1. The first-order chi connectivity index (χ1) is 9.82. The van der Waals surface area contributed by atoms with Crippen molar-refractivity contribution < 1.29 is 27.1 Å². The summed E-state index contributed by atoms with van der Waals surface area (Å²) in [5, 5.41) is 1.90. The highest BCUT2D eigenvalue weighted by Crippen LogP contribution is 2.38. The first-order valence-corrected chi connectivity index (χ1v) is 5.74. The van der Waals surface area contributed by atoms with Crippen molar-refractivity contribution in [2.24, 2.45) is 0 Å². The molecule has 0 bridgehead atoms. The second-order valence-electron chi connectivity index (χ2n) is 4.22. The van der Waals surface area contributed by atoms with Crippen LogP contribution in [0.4, 0.5) is 17.6 Å². The van der Waals surface area contributed by atoms with Crippen molar-refractivity contribution in [3.8, 4) is 0 Å². The molecule has 2 rings (SSSR count). The Kier molecular flexibility index (Phi) is 3.71. The summed E-state index contributed by atoms with van der Waals surface area (Å²) in [6, 6.07) is 2.80. The third-order valence-electron chi connectivity index (χ3n) is 2.95. The maximum Gasteiger partial charge on any atom is 0.426 e. The molecule has 21 heavy (non-hydrogen) atoms. The summed E-state index contributed by atoms with van der Waals surface area (Å²) >= 11 is 0. The van der Waals surface area contributed by atoms with Crippen LogP contribution in [0.25, 0.3) is 5.70 Å². The number of pyridine rings is 1. The number of esters is 1. The highest BCUT2D eigenvalue weighted by Gasteiger charge is 2.61. The molecule has 0 saturated carbocycles. The molecule has 1 aliphatic heterocycles. The average Bonchev–Trinajstić information content (AvgIpc) is 2.46. The lowest BCUT2D eigenvalue weighted by Crippen LogP contribution is -2.61. The SMILES string of the molecule is COC(=O)C1(C(F)(F)F)C=CC(F)=C(c2cccnc2)N1. The number of nitrogens with one attached hydrogen (secondary N) is 1. The zero-order valence-corrected chi connectivity index (χ0v) is 10.7. The van der Waals surface area contributed by atoms with E-state index in [1.54, 1.807) is 0 Å². The average molecular weight is 302 g/mol. The Bertz CT molecular complexity index is 610. The molecule has 1 atom stereocenters. The number of allylic oxidation sites excluding steroid dienone is 2. The molecule has 0 aromatic carbocycles. The molecule has 1 aromatic rings. The molecule has 1 N–H and O–H groups in total. The topological polar surface area (TPSA) is 51.2 Å². The Hall–Kier alpha value is -2.38. The van der Waals surface area contributed by atoms with Crippen molar-refractivity contribution in [2.75, 3.05) is 7.11 Å². The zero-order valence-electron chi connectivity index (χ0n) is 10.7. The lowest BCUT2D eigenvalue weighted by molar-refractivity contribution is -0.198. The number of halogens is 4. The number of ether oxygens (including phenoxy) is 1. The number of carbonyl (C=O) groups is 1. The first-order valence-electron chi connectivity index (χ1n) is 5.74. The largest absolute Gasteiger partial charge is 0.467 e. The van der Waals surface area contributed by atoms with Crippen molar-refractivity contribution >= 4 is 11.7 Å². The van der Waals surface area contributed by atoms with Crippen LogP contribution in [0.3, 0.4) is 0 Å². The van der Waals surface area contributed by atoms with Crippen LogP contribution in [0.5, 0.6) is 0 Å². The van der Waals surface area contributed by atoms with E-state index in [1.807, 2.05) is 5.32 Å². The molecule has 112 valence electrons. The standard InChI is InChI=1S/C13H10F4N2O2/c1-21-11(20)12(13(15,16)17)5-4-9(14)10(19-12)8-3-2-6-18-7-8/h2-7,19H,1H3. The quantitative estimate of drug-likeness (QED) is 0.673. The molecule has 1 aliphatic rings. The second-order valence-corrected chi connectivity index (χ2v) is 4.22. The number of carbonyl (C=O) groups excluding carboxylic acids is 1. The predicted octanol–water partition coefficient (Wildman–Crippen LogP) is 2.35. The smallest absolute Gasteiger partial charge is 0.426 e. The second kappa shape index (κ2) is 5.19. The molecule has 4 nitrogen and oxygen atoms in total. The van der Waals surface area contributed by atoms with Crippen LogP contribution in [-0.2, 0) is 9.53 Å². The van der Waals surface area contributed by atoms with Gasteiger partial charge >= 0.3 is 12.1 Å². The Balaban J connectivity index is 2.52. The van der Waals surface area contributed by atoms with Gasteiger partial charge in [0.2, 0.25) is 0 Å². The van der Waals surface area contributed by atoms with E-state index in [-0.39, 0.29) is 5.56 Å². The van der Waals surface area contributed by atoms with Crippen LogP contribution < -0.4 is 5.32 Å². The molecule has 0 saturated heterocycles. The summed E-state index contributed by atoms with van der Waals surface area (Å²) < 4.78 is 57.8. The third kappa shape index (κ3) is 2.48. The maximum atomic E-state index is 13.8. The molecule has 2 heterocycles. The predicted molar refractivity (Wildman–Crippen MR) is 65.3 cm³/mol. The van der Waals surface area contributed by atoms with Crippen LogP contribution in [0.15, 0.2) is 42.5 Å².